The molecule has 21 heavy (non-hydrogen) atoms. The van der Waals surface area contributed by atoms with Crippen LogP contribution in [0.15, 0.2) is 12.3 Å². The smallest absolute Gasteiger partial charge is 0.157 e. The van der Waals surface area contributed by atoms with Gasteiger partial charge < -0.3 is 5.32 Å². The summed E-state index contributed by atoms with van der Waals surface area (Å²) < 4.78 is 1.84. The largest absolute Gasteiger partial charge is 0.381 e. The Balaban J connectivity index is 1.89. The van der Waals surface area contributed by atoms with Crippen LogP contribution in [0.25, 0.3) is 11.0 Å². The van der Waals surface area contributed by atoms with E-state index in [0.29, 0.717) is 6.04 Å². The van der Waals surface area contributed by atoms with Gasteiger partial charge in [-0.2, -0.15) is 5.10 Å². The molecule has 1 atom stereocenters. The number of fused-ring (bicyclic) bond motifs is 1. The molecule has 0 aliphatic heterocycles. The second-order valence-electron chi connectivity index (χ2n) is 6.05. The zero-order chi connectivity index (χ0) is 15.2. The first-order valence-corrected chi connectivity index (χ1v) is 8.17. The number of anilines is 1. The van der Waals surface area contributed by atoms with Crippen LogP contribution in [0, 0.1) is 6.92 Å². The second-order valence-corrected chi connectivity index (χ2v) is 6.05. The van der Waals surface area contributed by atoms with Gasteiger partial charge in [0.1, 0.15) is 0 Å². The lowest BCUT2D eigenvalue weighted by Gasteiger charge is -2.15. The minimum Gasteiger partial charge on any atom is -0.381 e. The second kappa shape index (κ2) is 7.43. The molecule has 4 nitrogen and oxygen atoms in total. The first-order valence-electron chi connectivity index (χ1n) is 8.17. The molecule has 0 spiro atoms. The van der Waals surface area contributed by atoms with Gasteiger partial charge >= 0.3 is 0 Å². The molecule has 2 heterocycles. The molecule has 0 saturated heterocycles. The van der Waals surface area contributed by atoms with Crippen molar-refractivity contribution in [2.75, 3.05) is 5.32 Å². The lowest BCUT2D eigenvalue weighted by Crippen LogP contribution is -2.15. The number of rotatable bonds is 8. The number of hydrogen-bond donors (Lipinski definition) is 1. The van der Waals surface area contributed by atoms with Crippen LogP contribution in [0.2, 0.25) is 0 Å². The third kappa shape index (κ3) is 4.19. The van der Waals surface area contributed by atoms with Gasteiger partial charge in [0.25, 0.3) is 0 Å². The molecule has 0 amide bonds. The van der Waals surface area contributed by atoms with Crippen molar-refractivity contribution in [1.29, 1.82) is 0 Å². The molecule has 2 aromatic heterocycles. The number of aryl methyl sites for hydroxylation is 2. The van der Waals surface area contributed by atoms with Gasteiger partial charge in [-0.05, 0) is 26.3 Å². The van der Waals surface area contributed by atoms with Crippen molar-refractivity contribution >= 4 is 16.7 Å². The Hall–Kier alpha value is -1.58. The highest BCUT2D eigenvalue weighted by atomic mass is 15.3. The quantitative estimate of drug-likeness (QED) is 0.730. The predicted molar refractivity (Wildman–Crippen MR) is 89.7 cm³/mol. The molecule has 0 fully saturated rings. The van der Waals surface area contributed by atoms with Crippen LogP contribution in [-0.2, 0) is 7.05 Å². The molecule has 2 aromatic rings. The van der Waals surface area contributed by atoms with E-state index in [2.05, 4.69) is 35.3 Å². The van der Waals surface area contributed by atoms with Gasteiger partial charge in [0.15, 0.2) is 5.65 Å². The first-order chi connectivity index (χ1) is 10.1. The molecule has 0 aliphatic rings. The van der Waals surface area contributed by atoms with E-state index in [1.807, 2.05) is 24.9 Å². The van der Waals surface area contributed by atoms with Crippen molar-refractivity contribution in [3.63, 3.8) is 0 Å². The average molecular weight is 288 g/mol. The number of aromatic nitrogens is 3. The summed E-state index contributed by atoms with van der Waals surface area (Å²) in [5, 5.41) is 9.11. The van der Waals surface area contributed by atoms with Gasteiger partial charge in [-0.15, -0.1) is 0 Å². The van der Waals surface area contributed by atoms with E-state index in [-0.39, 0.29) is 0 Å². The Morgan fingerprint density at radius 1 is 1.24 bits per heavy atom. The van der Waals surface area contributed by atoms with Crippen LogP contribution in [0.5, 0.6) is 0 Å². The van der Waals surface area contributed by atoms with Gasteiger partial charge in [-0.3, -0.25) is 4.68 Å². The summed E-state index contributed by atoms with van der Waals surface area (Å²) in [6, 6.07) is 2.65. The molecule has 0 radical (unpaired) electrons. The first kappa shape index (κ1) is 15.8. The zero-order valence-electron chi connectivity index (χ0n) is 13.8. The number of unbranched alkanes of at least 4 members (excludes halogenated alkanes) is 4. The summed E-state index contributed by atoms with van der Waals surface area (Å²) in [4.78, 5) is 4.51. The fourth-order valence-corrected chi connectivity index (χ4v) is 2.80. The fourth-order valence-electron chi connectivity index (χ4n) is 2.80. The van der Waals surface area contributed by atoms with E-state index in [1.54, 1.807) is 0 Å². The Labute approximate surface area is 128 Å². The number of hydrogen-bond acceptors (Lipinski definition) is 3. The van der Waals surface area contributed by atoms with E-state index in [4.69, 9.17) is 0 Å². The molecule has 0 aromatic carbocycles. The third-order valence-electron chi connectivity index (χ3n) is 4.02. The van der Waals surface area contributed by atoms with Gasteiger partial charge in [-0.1, -0.05) is 39.0 Å². The Morgan fingerprint density at radius 2 is 2.00 bits per heavy atom. The number of nitrogens with zero attached hydrogens (tertiary/aromatic N) is 3. The molecule has 0 bridgehead atoms. The van der Waals surface area contributed by atoms with Crippen LogP contribution in [0.1, 0.15) is 58.1 Å². The van der Waals surface area contributed by atoms with Crippen LogP contribution in [0.4, 0.5) is 5.69 Å². The summed E-state index contributed by atoms with van der Waals surface area (Å²) in [7, 11) is 1.94. The van der Waals surface area contributed by atoms with E-state index < -0.39 is 0 Å². The Bertz CT molecular complexity index is 573. The molecule has 116 valence electrons. The Kier molecular flexibility index (Phi) is 5.59. The number of pyridine rings is 1. The number of nitrogens with one attached hydrogen (secondary N) is 1. The van der Waals surface area contributed by atoms with Crippen LogP contribution < -0.4 is 5.32 Å². The molecule has 2 rings (SSSR count). The third-order valence-corrected chi connectivity index (χ3v) is 4.02. The van der Waals surface area contributed by atoms with Crippen LogP contribution >= 0.6 is 0 Å². The van der Waals surface area contributed by atoms with Crippen LogP contribution in [-0.4, -0.2) is 20.8 Å². The predicted octanol–water partition coefficient (Wildman–Crippen LogP) is 4.44. The van der Waals surface area contributed by atoms with Crippen molar-refractivity contribution in [3.8, 4) is 0 Å². The van der Waals surface area contributed by atoms with Crippen molar-refractivity contribution in [1.82, 2.24) is 14.8 Å². The molecular weight excluding hydrogens is 260 g/mol. The van der Waals surface area contributed by atoms with Crippen molar-refractivity contribution in [2.24, 2.45) is 7.05 Å². The summed E-state index contributed by atoms with van der Waals surface area (Å²) in [6.07, 6.45) is 9.82. The highest BCUT2D eigenvalue weighted by Crippen LogP contribution is 2.20. The molecular formula is C17H28N4. The van der Waals surface area contributed by atoms with Gasteiger partial charge in [0.2, 0.25) is 0 Å². The Morgan fingerprint density at radius 3 is 2.76 bits per heavy atom. The van der Waals surface area contributed by atoms with Gasteiger partial charge in [0, 0.05) is 18.5 Å². The fraction of sp³-hybridized carbons (Fsp3) is 0.647. The van der Waals surface area contributed by atoms with E-state index in [0.717, 1.165) is 22.4 Å². The SMILES string of the molecule is CCCCCCCC(C)Nc1cnc2c(c1)c(C)nn2C. The zero-order valence-corrected chi connectivity index (χ0v) is 13.8. The minimum atomic E-state index is 0.489. The van der Waals surface area contributed by atoms with Crippen molar-refractivity contribution < 1.29 is 0 Å². The highest BCUT2D eigenvalue weighted by molar-refractivity contribution is 5.81. The van der Waals surface area contributed by atoms with Crippen LogP contribution in [0.3, 0.4) is 0 Å². The summed E-state index contributed by atoms with van der Waals surface area (Å²) >= 11 is 0. The lowest BCUT2D eigenvalue weighted by atomic mass is 10.1. The molecule has 4 heteroatoms. The maximum atomic E-state index is 4.51. The van der Waals surface area contributed by atoms with E-state index in [1.165, 1.54) is 38.5 Å². The van der Waals surface area contributed by atoms with Crippen molar-refractivity contribution in [2.45, 2.75) is 65.3 Å². The normalized spacial score (nSPS) is 12.8. The summed E-state index contributed by atoms with van der Waals surface area (Å²) in [6.45, 7) is 6.54. The lowest BCUT2D eigenvalue weighted by molar-refractivity contribution is 0.578. The van der Waals surface area contributed by atoms with Gasteiger partial charge in [0.05, 0.1) is 17.6 Å². The van der Waals surface area contributed by atoms with E-state index in [9.17, 15) is 0 Å². The summed E-state index contributed by atoms with van der Waals surface area (Å²) in [5.74, 6) is 0. The van der Waals surface area contributed by atoms with E-state index >= 15 is 0 Å². The van der Waals surface area contributed by atoms with Gasteiger partial charge in [-0.25, -0.2) is 4.98 Å². The minimum absolute atomic E-state index is 0.489. The van der Waals surface area contributed by atoms with Crippen molar-refractivity contribution in [3.05, 3.63) is 18.0 Å². The molecule has 0 aliphatic carbocycles. The molecule has 1 unspecified atom stereocenters. The highest BCUT2D eigenvalue weighted by Gasteiger charge is 2.08. The summed E-state index contributed by atoms with van der Waals surface area (Å²) in [5.41, 5.74) is 3.08. The molecule has 1 N–H and O–H groups in total. The average Bonchev–Trinajstić information content (AvgIpc) is 2.73. The standard InChI is InChI=1S/C17H28N4/c1-5-6-7-8-9-10-13(2)19-15-11-16-14(3)20-21(4)17(16)18-12-15/h11-13,19H,5-10H2,1-4H3. The maximum absolute atomic E-state index is 4.51. The molecule has 0 saturated carbocycles. The topological polar surface area (TPSA) is 42.7 Å². The monoisotopic (exact) mass is 288 g/mol. The maximum Gasteiger partial charge on any atom is 0.157 e.